The molecule has 1 saturated heterocycles. The van der Waals surface area contributed by atoms with Gasteiger partial charge in [-0.15, -0.1) is 0 Å². The lowest BCUT2D eigenvalue weighted by atomic mass is 10.0. The number of sulfonamides is 1. The average molecular weight is 366 g/mol. The predicted molar refractivity (Wildman–Crippen MR) is 96.1 cm³/mol. The van der Waals surface area contributed by atoms with Gasteiger partial charge in [0.25, 0.3) is 0 Å². The van der Waals surface area contributed by atoms with E-state index in [9.17, 15) is 13.2 Å². The molecule has 2 heterocycles. The highest BCUT2D eigenvalue weighted by molar-refractivity contribution is 7.89. The Morgan fingerprint density at radius 2 is 2.08 bits per heavy atom. The Labute approximate surface area is 149 Å². The van der Waals surface area contributed by atoms with Crippen LogP contribution in [0.5, 0.6) is 0 Å². The van der Waals surface area contributed by atoms with Crippen molar-refractivity contribution in [1.29, 1.82) is 0 Å². The maximum absolute atomic E-state index is 13.0. The van der Waals surface area contributed by atoms with Crippen LogP contribution in [0, 0.1) is 5.92 Å². The molecule has 1 aromatic rings. The highest BCUT2D eigenvalue weighted by Crippen LogP contribution is 2.31. The van der Waals surface area contributed by atoms with Crippen LogP contribution in [0.15, 0.2) is 23.1 Å². The molecular formula is C18H26N2O4S. The van der Waals surface area contributed by atoms with Crippen LogP contribution in [0.2, 0.25) is 0 Å². The quantitative estimate of drug-likeness (QED) is 0.800. The van der Waals surface area contributed by atoms with Crippen LogP contribution in [0.1, 0.15) is 31.7 Å². The Balaban J connectivity index is 1.81. The topological polar surface area (TPSA) is 66.9 Å². The van der Waals surface area contributed by atoms with Crippen LogP contribution >= 0.6 is 0 Å². The number of ether oxygens (including phenoxy) is 1. The molecular weight excluding hydrogens is 340 g/mol. The molecule has 1 fully saturated rings. The van der Waals surface area contributed by atoms with Crippen LogP contribution in [0.3, 0.4) is 0 Å². The van der Waals surface area contributed by atoms with Crippen molar-refractivity contribution >= 4 is 21.6 Å². The van der Waals surface area contributed by atoms with Gasteiger partial charge in [-0.2, -0.15) is 4.31 Å². The molecule has 0 radical (unpaired) electrons. The van der Waals surface area contributed by atoms with Gasteiger partial charge in [0.05, 0.1) is 11.5 Å². The number of nitrogens with zero attached hydrogens (tertiary/aromatic N) is 2. The fourth-order valence-electron chi connectivity index (χ4n) is 3.61. The van der Waals surface area contributed by atoms with Gasteiger partial charge in [0.15, 0.2) is 0 Å². The maximum Gasteiger partial charge on any atom is 0.243 e. The molecule has 1 atom stereocenters. The number of anilines is 1. The summed E-state index contributed by atoms with van der Waals surface area (Å²) in [6.45, 7) is 4.28. The van der Waals surface area contributed by atoms with Gasteiger partial charge in [0, 0.05) is 38.9 Å². The number of fused-ring (bicyclic) bond motifs is 1. The van der Waals surface area contributed by atoms with Crippen molar-refractivity contribution in [1.82, 2.24) is 4.31 Å². The van der Waals surface area contributed by atoms with E-state index in [4.69, 9.17) is 4.74 Å². The first-order valence-corrected chi connectivity index (χ1v) is 10.3. The van der Waals surface area contributed by atoms with E-state index in [-0.39, 0.29) is 11.8 Å². The number of carbonyl (C=O) groups is 1. The summed E-state index contributed by atoms with van der Waals surface area (Å²) in [5, 5.41) is 0. The fraction of sp³-hybridized carbons (Fsp3) is 0.611. The van der Waals surface area contributed by atoms with E-state index >= 15 is 0 Å². The molecule has 0 spiro atoms. The Morgan fingerprint density at radius 1 is 1.28 bits per heavy atom. The smallest absolute Gasteiger partial charge is 0.243 e. The van der Waals surface area contributed by atoms with Gasteiger partial charge in [0.2, 0.25) is 15.9 Å². The third kappa shape index (κ3) is 3.73. The first-order chi connectivity index (χ1) is 11.9. The average Bonchev–Trinajstić information content (AvgIpc) is 2.63. The lowest BCUT2D eigenvalue weighted by molar-refractivity contribution is -0.118. The number of hydrogen-bond acceptors (Lipinski definition) is 4. The summed E-state index contributed by atoms with van der Waals surface area (Å²) in [6, 6.07) is 5.11. The van der Waals surface area contributed by atoms with Crippen molar-refractivity contribution in [3.8, 4) is 0 Å². The van der Waals surface area contributed by atoms with E-state index in [1.54, 1.807) is 34.5 Å². The molecule has 0 N–H and O–H groups in total. The molecule has 138 valence electrons. The van der Waals surface area contributed by atoms with Crippen LogP contribution in [-0.4, -0.2) is 52.0 Å². The SMILES string of the molecule is CCOCC1CCCN(S(=O)(=O)c2ccc3c(c2)CCC(=O)N3C)C1. The standard InChI is InChI=1S/C18H26N2O4S/c1-3-24-13-14-5-4-10-20(12-14)25(22,23)16-7-8-17-15(11-16)6-9-18(21)19(17)2/h7-8,11,14H,3-6,9-10,12-13H2,1-2H3. The fourth-order valence-corrected chi connectivity index (χ4v) is 5.21. The molecule has 1 aromatic carbocycles. The van der Waals surface area contributed by atoms with Gasteiger partial charge in [-0.1, -0.05) is 0 Å². The van der Waals surface area contributed by atoms with E-state index in [0.29, 0.717) is 44.0 Å². The number of benzene rings is 1. The monoisotopic (exact) mass is 366 g/mol. The molecule has 3 rings (SSSR count). The minimum absolute atomic E-state index is 0.0675. The summed E-state index contributed by atoms with van der Waals surface area (Å²) in [6.07, 6.45) is 2.88. The second kappa shape index (κ2) is 7.43. The van der Waals surface area contributed by atoms with Crippen molar-refractivity contribution in [2.75, 3.05) is 38.3 Å². The van der Waals surface area contributed by atoms with Crippen LogP contribution in [0.4, 0.5) is 5.69 Å². The highest BCUT2D eigenvalue weighted by Gasteiger charge is 2.31. The van der Waals surface area contributed by atoms with E-state index in [0.717, 1.165) is 24.1 Å². The van der Waals surface area contributed by atoms with Gasteiger partial charge < -0.3 is 9.64 Å². The Morgan fingerprint density at radius 3 is 2.84 bits per heavy atom. The summed E-state index contributed by atoms with van der Waals surface area (Å²) in [7, 11) is -1.78. The Kier molecular flexibility index (Phi) is 5.46. The van der Waals surface area contributed by atoms with Gasteiger partial charge in [-0.3, -0.25) is 4.79 Å². The number of amides is 1. The zero-order chi connectivity index (χ0) is 18.0. The molecule has 0 aliphatic carbocycles. The zero-order valence-electron chi connectivity index (χ0n) is 14.9. The molecule has 1 unspecified atom stereocenters. The largest absolute Gasteiger partial charge is 0.381 e. The molecule has 7 heteroatoms. The molecule has 25 heavy (non-hydrogen) atoms. The third-order valence-electron chi connectivity index (χ3n) is 5.07. The van der Waals surface area contributed by atoms with Crippen molar-refractivity contribution < 1.29 is 17.9 Å². The van der Waals surface area contributed by atoms with E-state index < -0.39 is 10.0 Å². The van der Waals surface area contributed by atoms with Crippen molar-refractivity contribution in [2.45, 2.75) is 37.5 Å². The van der Waals surface area contributed by atoms with Gasteiger partial charge >= 0.3 is 0 Å². The van der Waals surface area contributed by atoms with Gasteiger partial charge in [-0.25, -0.2) is 8.42 Å². The normalized spacial score (nSPS) is 22.1. The van der Waals surface area contributed by atoms with Crippen LogP contribution in [0.25, 0.3) is 0 Å². The van der Waals surface area contributed by atoms with Crippen LogP contribution in [-0.2, 0) is 26.0 Å². The van der Waals surface area contributed by atoms with E-state index in [1.807, 2.05) is 6.92 Å². The Hall–Kier alpha value is -1.44. The van der Waals surface area contributed by atoms with Crippen molar-refractivity contribution in [3.05, 3.63) is 23.8 Å². The first kappa shape index (κ1) is 18.4. The molecule has 0 aromatic heterocycles. The highest BCUT2D eigenvalue weighted by atomic mass is 32.2. The van der Waals surface area contributed by atoms with Gasteiger partial charge in [-0.05, 0) is 55.9 Å². The van der Waals surface area contributed by atoms with Crippen molar-refractivity contribution in [3.63, 3.8) is 0 Å². The first-order valence-electron chi connectivity index (χ1n) is 8.91. The second-order valence-electron chi connectivity index (χ2n) is 6.77. The molecule has 2 aliphatic rings. The number of carbonyl (C=O) groups excluding carboxylic acids is 1. The summed E-state index contributed by atoms with van der Waals surface area (Å²) in [5.74, 6) is 0.322. The summed E-state index contributed by atoms with van der Waals surface area (Å²) < 4.78 is 33.1. The lowest BCUT2D eigenvalue weighted by Gasteiger charge is -2.32. The number of rotatable bonds is 5. The molecule has 1 amide bonds. The number of piperidine rings is 1. The molecule has 0 saturated carbocycles. The summed E-state index contributed by atoms with van der Waals surface area (Å²) in [4.78, 5) is 13.7. The number of hydrogen-bond donors (Lipinski definition) is 0. The second-order valence-corrected chi connectivity index (χ2v) is 8.71. The van der Waals surface area contributed by atoms with E-state index in [1.165, 1.54) is 0 Å². The van der Waals surface area contributed by atoms with Crippen LogP contribution < -0.4 is 4.90 Å². The van der Waals surface area contributed by atoms with Gasteiger partial charge in [0.1, 0.15) is 0 Å². The summed E-state index contributed by atoms with van der Waals surface area (Å²) in [5.41, 5.74) is 1.73. The minimum Gasteiger partial charge on any atom is -0.381 e. The number of aryl methyl sites for hydroxylation is 1. The summed E-state index contributed by atoms with van der Waals surface area (Å²) >= 11 is 0. The molecule has 2 aliphatic heterocycles. The minimum atomic E-state index is -3.51. The third-order valence-corrected chi connectivity index (χ3v) is 6.93. The van der Waals surface area contributed by atoms with Crippen molar-refractivity contribution in [2.24, 2.45) is 5.92 Å². The zero-order valence-corrected chi connectivity index (χ0v) is 15.7. The maximum atomic E-state index is 13.0. The molecule has 0 bridgehead atoms. The predicted octanol–water partition coefficient (Wildman–Crippen LogP) is 2.03. The van der Waals surface area contributed by atoms with E-state index in [2.05, 4.69) is 0 Å². The lowest BCUT2D eigenvalue weighted by Crippen LogP contribution is -2.41. The Bertz CT molecular complexity index is 747. The molecule has 6 nitrogen and oxygen atoms in total.